The average Bonchev–Trinajstić information content (AvgIpc) is 3.78. The van der Waals surface area contributed by atoms with Gasteiger partial charge in [0.2, 0.25) is 17.7 Å². The number of hydrogen-bond acceptors (Lipinski definition) is 17. The molecule has 3 atom stereocenters. The van der Waals surface area contributed by atoms with Crippen molar-refractivity contribution in [1.82, 2.24) is 55.8 Å². The summed E-state index contributed by atoms with van der Waals surface area (Å²) in [6.45, 7) is 22.9. The fraction of sp³-hybridized carbons (Fsp3) is 0.711. The highest BCUT2D eigenvalue weighted by molar-refractivity contribution is 9.10. The molecule has 6 aliphatic heterocycles. The summed E-state index contributed by atoms with van der Waals surface area (Å²) in [5.41, 5.74) is -0.848. The molecule has 6 saturated heterocycles. The van der Waals surface area contributed by atoms with Crippen LogP contribution in [0.25, 0.3) is 0 Å². The summed E-state index contributed by atoms with van der Waals surface area (Å²) in [7, 11) is 0. The number of nitrogens with one attached hydrogen (secondary N) is 5. The standard InChI is InChI=1S/C17H20N8OS.C14H25N3O3.C9H18N2O2.C5H8BrNO/c18-9-12-10-20-17(27-12)23-14-8-15(22-11-21-14)25-6-4-24(5-7-25)13-2-1-3-19-16(13)26;1-14(2,3)20-13(19)17-9-7-16(8-10-17)11-5-4-6-15-12(11)18;1-9(2,3)13-8(12)11-6-4-10-5-7-11;6-4-2-1-3-7-5(4)8/h8,10-11,13H,1-7H2,(H,19,26)(H,20,21,22,23);11H,4-10H2,1-3H3,(H,15,18);10H,4-7H2,1-3H3;4H,1-3H2,(H,7,8). The van der Waals surface area contributed by atoms with Gasteiger partial charge in [-0.2, -0.15) is 5.26 Å². The minimum Gasteiger partial charge on any atom is -0.444 e. The fourth-order valence-corrected chi connectivity index (χ4v) is 9.11. The predicted octanol–water partition coefficient (Wildman–Crippen LogP) is 3.25. The molecular formula is C45H71BrN14O7S. The van der Waals surface area contributed by atoms with Gasteiger partial charge in [-0.15, -0.1) is 0 Å². The molecule has 0 aliphatic carbocycles. The van der Waals surface area contributed by atoms with Crippen LogP contribution in [0.1, 0.15) is 84.9 Å². The highest BCUT2D eigenvalue weighted by Gasteiger charge is 2.34. The topological polar surface area (TPSA) is 243 Å². The molecule has 6 aliphatic rings. The smallest absolute Gasteiger partial charge is 0.410 e. The third-order valence-electron chi connectivity index (χ3n) is 11.5. The molecule has 5 N–H and O–H groups in total. The van der Waals surface area contributed by atoms with Crippen LogP contribution in [0.5, 0.6) is 0 Å². The minimum atomic E-state index is -0.461. The molecule has 2 aromatic rings. The van der Waals surface area contributed by atoms with Crippen molar-refractivity contribution in [3.63, 3.8) is 0 Å². The Morgan fingerprint density at radius 2 is 1.21 bits per heavy atom. The summed E-state index contributed by atoms with van der Waals surface area (Å²) >= 11 is 4.53. The zero-order chi connectivity index (χ0) is 49.3. The number of alkyl halides is 1. The van der Waals surface area contributed by atoms with Gasteiger partial charge in [0, 0.05) is 104 Å². The van der Waals surface area contributed by atoms with Crippen LogP contribution in [0.4, 0.5) is 26.4 Å². The molecule has 0 bridgehead atoms. The zero-order valence-corrected chi connectivity index (χ0v) is 42.9. The largest absolute Gasteiger partial charge is 0.444 e. The first-order valence-electron chi connectivity index (χ1n) is 23.7. The van der Waals surface area contributed by atoms with Crippen LogP contribution in [0, 0.1) is 11.3 Å². The minimum absolute atomic E-state index is 0.00256. The van der Waals surface area contributed by atoms with Crippen LogP contribution >= 0.6 is 27.3 Å². The van der Waals surface area contributed by atoms with Gasteiger partial charge in [-0.1, -0.05) is 27.3 Å². The molecule has 23 heteroatoms. The van der Waals surface area contributed by atoms with E-state index < -0.39 is 5.60 Å². The summed E-state index contributed by atoms with van der Waals surface area (Å²) in [6, 6.07) is 3.94. The fourth-order valence-electron chi connectivity index (χ4n) is 8.00. The van der Waals surface area contributed by atoms with Crippen molar-refractivity contribution >= 4 is 73.9 Å². The van der Waals surface area contributed by atoms with Gasteiger partial charge < -0.3 is 50.8 Å². The summed E-state index contributed by atoms with van der Waals surface area (Å²) in [5, 5.41) is 24.4. The first-order valence-corrected chi connectivity index (χ1v) is 25.4. The molecule has 68 heavy (non-hydrogen) atoms. The Labute approximate surface area is 412 Å². The zero-order valence-electron chi connectivity index (χ0n) is 40.5. The van der Waals surface area contributed by atoms with Crippen LogP contribution in [0.3, 0.4) is 0 Å². The van der Waals surface area contributed by atoms with E-state index in [-0.39, 0.29) is 52.4 Å². The quantitative estimate of drug-likeness (QED) is 0.270. The number of piperazine rings is 3. The Balaban J connectivity index is 0.000000185. The number of carbonyl (C=O) groups is 5. The lowest BCUT2D eigenvalue weighted by atomic mass is 10.0. The number of carbonyl (C=O) groups excluding carboxylic acids is 5. The van der Waals surface area contributed by atoms with E-state index in [4.69, 9.17) is 14.7 Å². The Hall–Kier alpha value is -4.89. The van der Waals surface area contributed by atoms with Crippen LogP contribution < -0.4 is 31.5 Å². The van der Waals surface area contributed by atoms with E-state index in [9.17, 15) is 24.0 Å². The van der Waals surface area contributed by atoms with E-state index in [1.165, 1.54) is 23.9 Å². The number of piperidine rings is 3. The molecule has 8 rings (SSSR count). The Bertz CT molecular complexity index is 2000. The lowest BCUT2D eigenvalue weighted by Gasteiger charge is -2.40. The molecule has 0 aromatic carbocycles. The van der Waals surface area contributed by atoms with Gasteiger partial charge >= 0.3 is 12.2 Å². The number of ether oxygens (including phenoxy) is 2. The second-order valence-corrected chi connectivity index (χ2v) is 21.2. The summed E-state index contributed by atoms with van der Waals surface area (Å²) in [6.07, 6.45) is 8.61. The van der Waals surface area contributed by atoms with Crippen LogP contribution in [0.15, 0.2) is 18.6 Å². The predicted molar refractivity (Wildman–Crippen MR) is 263 cm³/mol. The van der Waals surface area contributed by atoms with Crippen molar-refractivity contribution in [3.05, 3.63) is 23.5 Å². The van der Waals surface area contributed by atoms with Crippen LogP contribution in [-0.2, 0) is 23.9 Å². The maximum Gasteiger partial charge on any atom is 0.410 e. The van der Waals surface area contributed by atoms with Crippen LogP contribution in [-0.4, -0.2) is 191 Å². The number of amides is 5. The van der Waals surface area contributed by atoms with E-state index >= 15 is 0 Å². The highest BCUT2D eigenvalue weighted by Crippen LogP contribution is 2.24. The van der Waals surface area contributed by atoms with E-state index in [1.54, 1.807) is 9.80 Å². The number of hydrogen-bond donors (Lipinski definition) is 5. The molecular weight excluding hydrogens is 961 g/mol. The number of halogens is 1. The molecule has 6 fully saturated rings. The summed E-state index contributed by atoms with van der Waals surface area (Å²) in [5.74, 6) is 1.91. The number of aromatic nitrogens is 3. The number of rotatable bonds is 5. The second kappa shape index (κ2) is 26.2. The molecule has 8 heterocycles. The Kier molecular flexibility index (Phi) is 20.8. The molecule has 21 nitrogen and oxygen atoms in total. The lowest BCUT2D eigenvalue weighted by Crippen LogP contribution is -2.57. The number of thiazole rings is 1. The van der Waals surface area contributed by atoms with E-state index in [0.29, 0.717) is 28.9 Å². The monoisotopic (exact) mass is 1030 g/mol. The maximum atomic E-state index is 12.1. The van der Waals surface area contributed by atoms with Crippen molar-refractivity contribution in [1.29, 1.82) is 5.26 Å². The van der Waals surface area contributed by atoms with Gasteiger partial charge in [0.1, 0.15) is 40.1 Å². The number of anilines is 3. The number of nitrogens with zero attached hydrogens (tertiary/aromatic N) is 9. The van der Waals surface area contributed by atoms with Gasteiger partial charge in [-0.05, 0) is 80.1 Å². The first-order chi connectivity index (χ1) is 32.4. The maximum absolute atomic E-state index is 12.1. The van der Waals surface area contributed by atoms with Gasteiger partial charge in [-0.25, -0.2) is 24.5 Å². The van der Waals surface area contributed by atoms with Gasteiger partial charge in [0.25, 0.3) is 0 Å². The Morgan fingerprint density at radius 3 is 1.66 bits per heavy atom. The van der Waals surface area contributed by atoms with Crippen molar-refractivity contribution in [2.75, 3.05) is 108 Å². The summed E-state index contributed by atoms with van der Waals surface area (Å²) < 4.78 is 10.6. The molecule has 0 radical (unpaired) electrons. The lowest BCUT2D eigenvalue weighted by molar-refractivity contribution is -0.129. The van der Waals surface area contributed by atoms with E-state index in [1.807, 2.05) is 47.6 Å². The van der Waals surface area contributed by atoms with Crippen molar-refractivity contribution in [2.45, 2.75) is 108 Å². The van der Waals surface area contributed by atoms with Crippen molar-refractivity contribution < 1.29 is 33.4 Å². The third-order valence-corrected chi connectivity index (χ3v) is 13.2. The van der Waals surface area contributed by atoms with Crippen molar-refractivity contribution in [2.24, 2.45) is 0 Å². The molecule has 0 spiro atoms. The van der Waals surface area contributed by atoms with Gasteiger partial charge in [0.15, 0.2) is 5.13 Å². The molecule has 0 saturated carbocycles. The molecule has 2 aromatic heterocycles. The molecule has 376 valence electrons. The molecule has 3 unspecified atom stereocenters. The Morgan fingerprint density at radius 1 is 0.706 bits per heavy atom. The third kappa shape index (κ3) is 17.9. The normalized spacial score (nSPS) is 22.7. The average molecular weight is 1030 g/mol. The summed E-state index contributed by atoms with van der Waals surface area (Å²) in [4.78, 5) is 81.5. The molecule has 5 amide bonds. The highest BCUT2D eigenvalue weighted by atomic mass is 79.9. The SMILES string of the molecule is CC(C)(C)OC(=O)N1CCN(C2CCCNC2=O)CC1.CC(C)(C)OC(=O)N1CCNCC1.N#Cc1cnc(Nc2cc(N3CCN(C4CCCNC4=O)CC3)ncn2)s1.O=C1NCCCC1Br. The number of nitriles is 1. The van der Waals surface area contributed by atoms with Gasteiger partial charge in [-0.3, -0.25) is 24.2 Å². The van der Waals surface area contributed by atoms with E-state index in [2.05, 4.69) is 78.2 Å². The van der Waals surface area contributed by atoms with E-state index in [0.717, 1.165) is 129 Å². The van der Waals surface area contributed by atoms with Crippen molar-refractivity contribution in [3.8, 4) is 6.07 Å². The first kappa shape index (κ1) is 54.1. The van der Waals surface area contributed by atoms with Gasteiger partial charge in [0.05, 0.1) is 23.1 Å². The second-order valence-electron chi connectivity index (χ2n) is 19.1. The van der Waals surface area contributed by atoms with Crippen LogP contribution in [0.2, 0.25) is 0 Å².